The Kier molecular flexibility index (Phi) is 9.24. The first-order valence-electron chi connectivity index (χ1n) is 8.78. The number of halogens is 3. The third-order valence-corrected chi connectivity index (χ3v) is 4.01. The van der Waals surface area contributed by atoms with Gasteiger partial charge in [0.1, 0.15) is 12.6 Å². The highest BCUT2D eigenvalue weighted by Crippen LogP contribution is 2.20. The van der Waals surface area contributed by atoms with Gasteiger partial charge >= 0.3 is 18.1 Å². The zero-order valence-electron chi connectivity index (χ0n) is 15.8. The smallest absolute Gasteiger partial charge is 0.475 e. The average molecular weight is 433 g/mol. The molecule has 1 aromatic rings. The Morgan fingerprint density at radius 3 is 2.27 bits per heavy atom. The molecule has 5 N–H and O–H groups in total. The number of carbonyl (C=O) groups is 4. The summed E-state index contributed by atoms with van der Waals surface area (Å²) in [6, 6.07) is 7.64. The van der Waals surface area contributed by atoms with Crippen LogP contribution >= 0.6 is 0 Å². The fourth-order valence-electron chi connectivity index (χ4n) is 2.62. The van der Waals surface area contributed by atoms with E-state index in [2.05, 4.69) is 0 Å². The minimum absolute atomic E-state index is 0.158. The van der Waals surface area contributed by atoms with E-state index in [-0.39, 0.29) is 13.0 Å². The molecule has 1 aliphatic heterocycles. The Balaban J connectivity index is 0.000000553. The van der Waals surface area contributed by atoms with Crippen molar-refractivity contribution in [2.45, 2.75) is 44.1 Å². The molecule has 2 amide bonds. The standard InChI is InChI=1S/C16H21N3O4.C2HF3O2/c17-12(9-14(18)20)15(21)19-8-4-7-13(19)16(22)23-10-11-5-2-1-3-6-11;3-2(4,5)1(6)7/h1-3,5-6,12-13H,4,7-10,17H2,(H2,18,20);(H,6,7)/t12?,13-;/m0./s1. The summed E-state index contributed by atoms with van der Waals surface area (Å²) in [6.45, 7) is 0.585. The highest BCUT2D eigenvalue weighted by molar-refractivity contribution is 5.91. The number of esters is 1. The molecule has 2 atom stereocenters. The zero-order valence-corrected chi connectivity index (χ0v) is 15.8. The number of nitrogens with zero attached hydrogens (tertiary/aromatic N) is 1. The second-order valence-corrected chi connectivity index (χ2v) is 6.36. The van der Waals surface area contributed by atoms with Crippen molar-refractivity contribution in [2.24, 2.45) is 11.5 Å². The monoisotopic (exact) mass is 433 g/mol. The van der Waals surface area contributed by atoms with E-state index in [1.54, 1.807) is 0 Å². The largest absolute Gasteiger partial charge is 0.490 e. The summed E-state index contributed by atoms with van der Waals surface area (Å²) in [7, 11) is 0. The van der Waals surface area contributed by atoms with Crippen LogP contribution in [0.1, 0.15) is 24.8 Å². The maximum Gasteiger partial charge on any atom is 0.490 e. The molecule has 1 aromatic carbocycles. The quantitative estimate of drug-likeness (QED) is 0.554. The number of carbonyl (C=O) groups excluding carboxylic acids is 3. The van der Waals surface area contributed by atoms with Crippen LogP contribution in [0.25, 0.3) is 0 Å². The molecular weight excluding hydrogens is 411 g/mol. The van der Waals surface area contributed by atoms with E-state index in [4.69, 9.17) is 26.1 Å². The van der Waals surface area contributed by atoms with Gasteiger partial charge in [-0.1, -0.05) is 30.3 Å². The number of ether oxygens (including phenoxy) is 1. The summed E-state index contributed by atoms with van der Waals surface area (Å²) in [5.41, 5.74) is 11.6. The molecule has 0 bridgehead atoms. The number of carboxylic acid groups (broad SMARTS) is 1. The first kappa shape index (κ1) is 24.9. The van der Waals surface area contributed by atoms with Crippen LogP contribution in [0.5, 0.6) is 0 Å². The molecule has 0 spiro atoms. The van der Waals surface area contributed by atoms with Crippen molar-refractivity contribution in [3.8, 4) is 0 Å². The molecule has 1 aliphatic rings. The Morgan fingerprint density at radius 2 is 1.77 bits per heavy atom. The molecule has 30 heavy (non-hydrogen) atoms. The molecule has 0 radical (unpaired) electrons. The molecule has 1 fully saturated rings. The van der Waals surface area contributed by atoms with Crippen LogP contribution in [-0.4, -0.2) is 58.6 Å². The number of nitrogens with two attached hydrogens (primary N) is 2. The number of rotatable bonds is 6. The summed E-state index contributed by atoms with van der Waals surface area (Å²) >= 11 is 0. The summed E-state index contributed by atoms with van der Waals surface area (Å²) < 4.78 is 37.0. The van der Waals surface area contributed by atoms with E-state index < -0.39 is 42.0 Å². The molecular formula is C18H22F3N3O6. The average Bonchev–Trinajstić information content (AvgIpc) is 3.15. The maximum absolute atomic E-state index is 12.3. The third-order valence-electron chi connectivity index (χ3n) is 4.01. The number of alkyl halides is 3. The molecule has 12 heteroatoms. The number of aliphatic carboxylic acids is 1. The van der Waals surface area contributed by atoms with Crippen molar-refractivity contribution in [3.05, 3.63) is 35.9 Å². The maximum atomic E-state index is 12.3. The normalized spacial score (nSPS) is 16.8. The first-order chi connectivity index (χ1) is 13.9. The topological polar surface area (TPSA) is 153 Å². The summed E-state index contributed by atoms with van der Waals surface area (Å²) in [5.74, 6) is -4.30. The van der Waals surface area contributed by atoms with Crippen LogP contribution in [-0.2, 0) is 30.5 Å². The van der Waals surface area contributed by atoms with E-state index in [1.807, 2.05) is 30.3 Å². The lowest BCUT2D eigenvalue weighted by atomic mass is 10.1. The minimum Gasteiger partial charge on any atom is -0.475 e. The number of likely N-dealkylation sites (tertiary alicyclic amines) is 1. The van der Waals surface area contributed by atoms with Crippen LogP contribution in [0, 0.1) is 0 Å². The molecule has 9 nitrogen and oxygen atoms in total. The fourth-order valence-corrected chi connectivity index (χ4v) is 2.62. The molecule has 1 heterocycles. The second-order valence-electron chi connectivity index (χ2n) is 6.36. The molecule has 1 unspecified atom stereocenters. The van der Waals surface area contributed by atoms with Crippen LogP contribution in [0.4, 0.5) is 13.2 Å². The first-order valence-corrected chi connectivity index (χ1v) is 8.78. The van der Waals surface area contributed by atoms with E-state index >= 15 is 0 Å². The number of hydrogen-bond donors (Lipinski definition) is 3. The summed E-state index contributed by atoms with van der Waals surface area (Å²) in [5, 5.41) is 7.12. The molecule has 166 valence electrons. The Morgan fingerprint density at radius 1 is 1.20 bits per heavy atom. The van der Waals surface area contributed by atoms with Crippen molar-refractivity contribution >= 4 is 23.8 Å². The van der Waals surface area contributed by atoms with Gasteiger partial charge in [0, 0.05) is 6.54 Å². The van der Waals surface area contributed by atoms with Crippen LogP contribution in [0.15, 0.2) is 30.3 Å². The SMILES string of the molecule is NC(=O)CC(N)C(=O)N1CCC[C@H]1C(=O)OCc1ccccc1.O=C(O)C(F)(F)F. The van der Waals surface area contributed by atoms with Gasteiger partial charge in [-0.3, -0.25) is 9.59 Å². The van der Waals surface area contributed by atoms with Crippen molar-refractivity contribution in [3.63, 3.8) is 0 Å². The van der Waals surface area contributed by atoms with Gasteiger partial charge in [-0.15, -0.1) is 0 Å². The summed E-state index contributed by atoms with van der Waals surface area (Å²) in [6.07, 6.45) is -4.09. The third kappa shape index (κ3) is 8.07. The second kappa shape index (κ2) is 11.1. The fraction of sp³-hybridized carbons (Fsp3) is 0.444. The lowest BCUT2D eigenvalue weighted by Gasteiger charge is -2.25. The molecule has 2 rings (SSSR count). The lowest BCUT2D eigenvalue weighted by molar-refractivity contribution is -0.192. The van der Waals surface area contributed by atoms with Gasteiger partial charge in [-0.25, -0.2) is 9.59 Å². The van der Waals surface area contributed by atoms with Gasteiger partial charge in [-0.05, 0) is 18.4 Å². The number of benzene rings is 1. The zero-order chi connectivity index (χ0) is 22.9. The van der Waals surface area contributed by atoms with Crippen LogP contribution in [0.2, 0.25) is 0 Å². The number of hydrogen-bond acceptors (Lipinski definition) is 6. The predicted octanol–water partition coefficient (Wildman–Crippen LogP) is 0.557. The molecule has 0 saturated carbocycles. The highest BCUT2D eigenvalue weighted by atomic mass is 19.4. The minimum atomic E-state index is -5.08. The molecule has 1 saturated heterocycles. The number of amides is 2. The van der Waals surface area contributed by atoms with E-state index in [9.17, 15) is 27.6 Å². The Hall–Kier alpha value is -3.15. The van der Waals surface area contributed by atoms with Gasteiger partial charge in [0.25, 0.3) is 0 Å². The Bertz CT molecular complexity index is 757. The highest BCUT2D eigenvalue weighted by Gasteiger charge is 2.38. The predicted molar refractivity (Wildman–Crippen MR) is 96.5 cm³/mol. The van der Waals surface area contributed by atoms with Gasteiger partial charge < -0.3 is 26.2 Å². The Labute approximate surface area is 169 Å². The van der Waals surface area contributed by atoms with Crippen molar-refractivity contribution < 1.29 is 42.2 Å². The number of primary amides is 1. The van der Waals surface area contributed by atoms with Gasteiger partial charge in [-0.2, -0.15) is 13.2 Å². The number of carboxylic acids is 1. The molecule has 0 aromatic heterocycles. The van der Waals surface area contributed by atoms with Gasteiger partial charge in [0.05, 0.1) is 12.5 Å². The lowest BCUT2D eigenvalue weighted by Crippen LogP contribution is -2.49. The van der Waals surface area contributed by atoms with Gasteiger partial charge in [0.2, 0.25) is 11.8 Å². The van der Waals surface area contributed by atoms with Crippen molar-refractivity contribution in [1.82, 2.24) is 4.90 Å². The van der Waals surface area contributed by atoms with E-state index in [1.165, 1.54) is 4.90 Å². The van der Waals surface area contributed by atoms with E-state index in [0.29, 0.717) is 19.4 Å². The van der Waals surface area contributed by atoms with Crippen molar-refractivity contribution in [2.75, 3.05) is 6.54 Å². The van der Waals surface area contributed by atoms with Crippen LogP contribution in [0.3, 0.4) is 0 Å². The molecule has 0 aliphatic carbocycles. The van der Waals surface area contributed by atoms with Crippen molar-refractivity contribution in [1.29, 1.82) is 0 Å². The summed E-state index contributed by atoms with van der Waals surface area (Å²) in [4.78, 5) is 45.7. The van der Waals surface area contributed by atoms with Crippen LogP contribution < -0.4 is 11.5 Å². The van der Waals surface area contributed by atoms with Gasteiger partial charge in [0.15, 0.2) is 0 Å². The van der Waals surface area contributed by atoms with E-state index in [0.717, 1.165) is 5.56 Å².